The SMILES string of the molecule is Cc1c(Cl)c(C(F)F)nn1CC(=O)NCC1CCCO1. The van der Waals surface area contributed by atoms with E-state index in [9.17, 15) is 13.6 Å². The van der Waals surface area contributed by atoms with Crippen molar-refractivity contribution in [2.45, 2.75) is 38.8 Å². The zero-order valence-electron chi connectivity index (χ0n) is 11.0. The molecule has 1 aromatic heterocycles. The minimum atomic E-state index is -2.75. The highest BCUT2D eigenvalue weighted by atomic mass is 35.5. The molecule has 1 aromatic rings. The number of carbonyl (C=O) groups excluding carboxylic acids is 1. The molecule has 2 heterocycles. The number of ether oxygens (including phenoxy) is 1. The Bertz CT molecular complexity index is 487. The van der Waals surface area contributed by atoms with E-state index in [4.69, 9.17) is 16.3 Å². The van der Waals surface area contributed by atoms with Gasteiger partial charge in [0.2, 0.25) is 5.91 Å². The van der Waals surface area contributed by atoms with E-state index in [2.05, 4.69) is 10.4 Å². The van der Waals surface area contributed by atoms with Crippen LogP contribution in [0.15, 0.2) is 0 Å². The molecule has 8 heteroatoms. The summed E-state index contributed by atoms with van der Waals surface area (Å²) < 4.78 is 31.8. The van der Waals surface area contributed by atoms with Crippen molar-refractivity contribution in [2.75, 3.05) is 13.2 Å². The summed E-state index contributed by atoms with van der Waals surface area (Å²) in [6, 6.07) is 0. The topological polar surface area (TPSA) is 56.2 Å². The monoisotopic (exact) mass is 307 g/mol. The van der Waals surface area contributed by atoms with Crippen LogP contribution in [0.25, 0.3) is 0 Å². The predicted molar refractivity (Wildman–Crippen MR) is 68.9 cm³/mol. The van der Waals surface area contributed by atoms with Gasteiger partial charge in [-0.05, 0) is 19.8 Å². The van der Waals surface area contributed by atoms with Crippen LogP contribution in [-0.4, -0.2) is 34.9 Å². The van der Waals surface area contributed by atoms with Crippen molar-refractivity contribution in [3.8, 4) is 0 Å². The van der Waals surface area contributed by atoms with E-state index in [0.29, 0.717) is 18.8 Å². The number of carbonyl (C=O) groups is 1. The molecule has 1 atom stereocenters. The van der Waals surface area contributed by atoms with E-state index in [0.717, 1.165) is 12.8 Å². The van der Waals surface area contributed by atoms with Gasteiger partial charge in [0.05, 0.1) is 16.8 Å². The zero-order valence-corrected chi connectivity index (χ0v) is 11.8. The van der Waals surface area contributed by atoms with Crippen LogP contribution in [0.2, 0.25) is 5.02 Å². The Labute approximate surface area is 120 Å². The van der Waals surface area contributed by atoms with Crippen molar-refractivity contribution >= 4 is 17.5 Å². The Kier molecular flexibility index (Phi) is 4.93. The maximum absolute atomic E-state index is 12.6. The highest BCUT2D eigenvalue weighted by Gasteiger charge is 2.22. The molecule has 5 nitrogen and oxygen atoms in total. The van der Waals surface area contributed by atoms with Gasteiger partial charge in [0.15, 0.2) is 0 Å². The third-order valence-corrected chi connectivity index (χ3v) is 3.68. The fourth-order valence-electron chi connectivity index (χ4n) is 2.07. The third-order valence-electron chi connectivity index (χ3n) is 3.21. The van der Waals surface area contributed by atoms with Gasteiger partial charge in [-0.2, -0.15) is 5.10 Å². The maximum atomic E-state index is 12.6. The van der Waals surface area contributed by atoms with Crippen molar-refractivity contribution in [1.29, 1.82) is 0 Å². The number of hydrogen-bond acceptors (Lipinski definition) is 3. The minimum Gasteiger partial charge on any atom is -0.376 e. The molecule has 1 fully saturated rings. The standard InChI is InChI=1S/C12H16ClF2N3O2/c1-7-10(13)11(12(14)15)17-18(7)6-9(19)16-5-8-3-2-4-20-8/h8,12H,2-6H2,1H3,(H,16,19). The Morgan fingerprint density at radius 2 is 2.40 bits per heavy atom. The van der Waals surface area contributed by atoms with Gasteiger partial charge >= 0.3 is 0 Å². The van der Waals surface area contributed by atoms with Crippen molar-refractivity contribution in [3.63, 3.8) is 0 Å². The molecule has 1 aliphatic rings. The highest BCUT2D eigenvalue weighted by Crippen LogP contribution is 2.28. The molecule has 112 valence electrons. The van der Waals surface area contributed by atoms with E-state index in [1.165, 1.54) is 4.68 Å². The van der Waals surface area contributed by atoms with Crippen LogP contribution in [0.4, 0.5) is 8.78 Å². The molecule has 1 saturated heterocycles. The Morgan fingerprint density at radius 3 is 2.95 bits per heavy atom. The average molecular weight is 308 g/mol. The minimum absolute atomic E-state index is 0.0397. The number of rotatable bonds is 5. The zero-order chi connectivity index (χ0) is 14.7. The van der Waals surface area contributed by atoms with Crippen molar-refractivity contribution in [1.82, 2.24) is 15.1 Å². The smallest absolute Gasteiger partial charge is 0.283 e. The fourth-order valence-corrected chi connectivity index (χ4v) is 2.28. The summed E-state index contributed by atoms with van der Waals surface area (Å²) in [5.41, 5.74) is -0.134. The van der Waals surface area contributed by atoms with Gasteiger partial charge in [0.1, 0.15) is 12.2 Å². The summed E-state index contributed by atoms with van der Waals surface area (Å²) in [4.78, 5) is 11.8. The molecule has 1 aliphatic heterocycles. The molecule has 0 saturated carbocycles. The first-order chi connectivity index (χ1) is 9.49. The largest absolute Gasteiger partial charge is 0.376 e. The second-order valence-electron chi connectivity index (χ2n) is 4.68. The molecule has 1 unspecified atom stereocenters. The second kappa shape index (κ2) is 6.49. The third kappa shape index (κ3) is 3.46. The maximum Gasteiger partial charge on any atom is 0.283 e. The lowest BCUT2D eigenvalue weighted by Crippen LogP contribution is -2.34. The lowest BCUT2D eigenvalue weighted by atomic mass is 10.2. The Hall–Kier alpha value is -1.21. The quantitative estimate of drug-likeness (QED) is 0.906. The summed E-state index contributed by atoms with van der Waals surface area (Å²) in [6.07, 6.45) is -0.801. The van der Waals surface area contributed by atoms with E-state index >= 15 is 0 Å². The molecule has 0 spiro atoms. The number of nitrogens with one attached hydrogen (secondary N) is 1. The number of alkyl halides is 2. The number of amides is 1. The van der Waals surface area contributed by atoms with Gasteiger partial charge in [-0.3, -0.25) is 9.48 Å². The molecule has 0 aliphatic carbocycles. The highest BCUT2D eigenvalue weighted by molar-refractivity contribution is 6.31. The van der Waals surface area contributed by atoms with E-state index in [-0.39, 0.29) is 23.6 Å². The van der Waals surface area contributed by atoms with Crippen molar-refractivity contribution in [2.24, 2.45) is 0 Å². The van der Waals surface area contributed by atoms with Gasteiger partial charge in [0, 0.05) is 13.2 Å². The number of hydrogen-bond donors (Lipinski definition) is 1. The predicted octanol–water partition coefficient (Wildman–Crippen LogP) is 2.08. The molecule has 0 radical (unpaired) electrons. The number of nitrogens with zero attached hydrogens (tertiary/aromatic N) is 2. The van der Waals surface area contributed by atoms with Crippen molar-refractivity contribution < 1.29 is 18.3 Å². The van der Waals surface area contributed by atoms with Crippen LogP contribution in [0, 0.1) is 6.92 Å². The van der Waals surface area contributed by atoms with Gasteiger partial charge in [-0.25, -0.2) is 8.78 Å². The summed E-state index contributed by atoms with van der Waals surface area (Å²) >= 11 is 5.76. The molecule has 20 heavy (non-hydrogen) atoms. The number of aromatic nitrogens is 2. The molecular formula is C12H16ClF2N3O2. The summed E-state index contributed by atoms with van der Waals surface area (Å²) in [5, 5.41) is 6.28. The van der Waals surface area contributed by atoms with E-state index < -0.39 is 12.1 Å². The molecule has 1 N–H and O–H groups in total. The first kappa shape index (κ1) is 15.2. The molecule has 1 amide bonds. The van der Waals surface area contributed by atoms with Crippen molar-refractivity contribution in [3.05, 3.63) is 16.4 Å². The second-order valence-corrected chi connectivity index (χ2v) is 5.06. The lowest BCUT2D eigenvalue weighted by molar-refractivity contribution is -0.122. The van der Waals surface area contributed by atoms with Gasteiger partial charge in [-0.1, -0.05) is 11.6 Å². The van der Waals surface area contributed by atoms with E-state index in [1.807, 2.05) is 0 Å². The Morgan fingerprint density at radius 1 is 1.65 bits per heavy atom. The first-order valence-electron chi connectivity index (χ1n) is 6.38. The summed E-state index contributed by atoms with van der Waals surface area (Å²) in [7, 11) is 0. The number of halogens is 3. The lowest BCUT2D eigenvalue weighted by Gasteiger charge is -2.11. The summed E-state index contributed by atoms with van der Waals surface area (Å²) in [5.74, 6) is -0.302. The average Bonchev–Trinajstić information content (AvgIpc) is 3.00. The Balaban J connectivity index is 1.92. The molecule has 0 bridgehead atoms. The molecule has 0 aromatic carbocycles. The van der Waals surface area contributed by atoms with Gasteiger partial charge < -0.3 is 10.1 Å². The van der Waals surface area contributed by atoms with Crippen LogP contribution in [0.1, 0.15) is 30.7 Å². The molecule has 2 rings (SSSR count). The molecular weight excluding hydrogens is 292 g/mol. The van der Waals surface area contributed by atoms with E-state index in [1.54, 1.807) is 6.92 Å². The van der Waals surface area contributed by atoms with Crippen LogP contribution in [-0.2, 0) is 16.1 Å². The summed E-state index contributed by atoms with van der Waals surface area (Å²) in [6.45, 7) is 2.56. The van der Waals surface area contributed by atoms with Gasteiger partial charge in [0.25, 0.3) is 6.43 Å². The first-order valence-corrected chi connectivity index (χ1v) is 6.76. The van der Waals surface area contributed by atoms with Crippen LogP contribution >= 0.6 is 11.6 Å². The van der Waals surface area contributed by atoms with Gasteiger partial charge in [-0.15, -0.1) is 0 Å². The normalized spacial score (nSPS) is 18.8. The van der Waals surface area contributed by atoms with Crippen LogP contribution < -0.4 is 5.32 Å². The van der Waals surface area contributed by atoms with Crippen LogP contribution in [0.3, 0.4) is 0 Å². The van der Waals surface area contributed by atoms with Crippen LogP contribution in [0.5, 0.6) is 0 Å². The fraction of sp³-hybridized carbons (Fsp3) is 0.667.